The molecule has 0 saturated carbocycles. The summed E-state index contributed by atoms with van der Waals surface area (Å²) in [5, 5.41) is 8.41. The van der Waals surface area contributed by atoms with Gasteiger partial charge in [-0.1, -0.05) is 17.9 Å². The zero-order chi connectivity index (χ0) is 11.5. The number of carboxylic acid groups (broad SMARTS) is 1. The van der Waals surface area contributed by atoms with Gasteiger partial charge in [-0.25, -0.2) is 4.79 Å². The molecule has 0 atom stereocenters. The van der Waals surface area contributed by atoms with E-state index in [-0.39, 0.29) is 12.4 Å². The molecule has 0 amide bonds. The molecule has 1 aliphatic heterocycles. The van der Waals surface area contributed by atoms with Crippen LogP contribution in [-0.2, 0) is 16.1 Å². The third-order valence-corrected chi connectivity index (χ3v) is 2.16. The van der Waals surface area contributed by atoms with Crippen molar-refractivity contribution in [1.29, 1.82) is 0 Å². The van der Waals surface area contributed by atoms with Gasteiger partial charge in [-0.2, -0.15) is 0 Å². The number of carbonyl (C=O) groups is 2. The highest BCUT2D eigenvalue weighted by Gasteiger charge is 2.20. The van der Waals surface area contributed by atoms with Crippen LogP contribution < -0.4 is 0 Å². The molecule has 4 heteroatoms. The first-order valence-corrected chi connectivity index (χ1v) is 4.67. The molecule has 0 aliphatic carbocycles. The van der Waals surface area contributed by atoms with Crippen LogP contribution in [0.25, 0.3) is 0 Å². The summed E-state index contributed by atoms with van der Waals surface area (Å²) in [5.74, 6) is 3.88. The molecule has 2 rings (SSSR count). The first-order chi connectivity index (χ1) is 7.66. The van der Waals surface area contributed by atoms with E-state index in [0.717, 1.165) is 5.56 Å². The molecule has 4 nitrogen and oxygen atoms in total. The standard InChI is InChI=1S/C12H8O4/c13-11(14)3-1-2-8-4-5-9-7-16-12(15)10(9)6-8/h4-6H,3,7H2,(H,13,14). The first kappa shape index (κ1) is 10.2. The van der Waals surface area contributed by atoms with Crippen LogP contribution in [0.15, 0.2) is 18.2 Å². The largest absolute Gasteiger partial charge is 0.481 e. The molecule has 0 radical (unpaired) electrons. The number of esters is 1. The Morgan fingerprint density at radius 1 is 1.50 bits per heavy atom. The van der Waals surface area contributed by atoms with Crippen LogP contribution in [0, 0.1) is 11.8 Å². The molecule has 1 aromatic carbocycles. The molecule has 0 unspecified atom stereocenters. The van der Waals surface area contributed by atoms with E-state index in [4.69, 9.17) is 9.84 Å². The molecule has 80 valence electrons. The number of hydrogen-bond donors (Lipinski definition) is 1. The van der Waals surface area contributed by atoms with Gasteiger partial charge in [-0.15, -0.1) is 0 Å². The Morgan fingerprint density at radius 2 is 2.31 bits per heavy atom. The van der Waals surface area contributed by atoms with Gasteiger partial charge in [0.05, 0.1) is 5.56 Å². The predicted octanol–water partition coefficient (Wildman–Crippen LogP) is 1.18. The second kappa shape index (κ2) is 4.07. The van der Waals surface area contributed by atoms with Crippen molar-refractivity contribution in [1.82, 2.24) is 0 Å². The lowest BCUT2D eigenvalue weighted by molar-refractivity contribution is -0.135. The van der Waals surface area contributed by atoms with Crippen molar-refractivity contribution in [3.8, 4) is 11.8 Å². The van der Waals surface area contributed by atoms with Crippen LogP contribution in [0.2, 0.25) is 0 Å². The Bertz CT molecular complexity index is 520. The molecular formula is C12H8O4. The van der Waals surface area contributed by atoms with E-state index in [1.54, 1.807) is 18.2 Å². The highest BCUT2D eigenvalue weighted by Crippen LogP contribution is 2.20. The van der Waals surface area contributed by atoms with Gasteiger partial charge in [0.15, 0.2) is 0 Å². The van der Waals surface area contributed by atoms with Gasteiger partial charge in [0.2, 0.25) is 0 Å². The van der Waals surface area contributed by atoms with Crippen molar-refractivity contribution < 1.29 is 19.4 Å². The summed E-state index contributed by atoms with van der Waals surface area (Å²) < 4.78 is 4.84. The zero-order valence-corrected chi connectivity index (χ0v) is 8.32. The SMILES string of the molecule is O=C(O)CC#Cc1ccc2c(c1)C(=O)OC2. The van der Waals surface area contributed by atoms with Crippen LogP contribution >= 0.6 is 0 Å². The van der Waals surface area contributed by atoms with Gasteiger partial charge in [-0.3, -0.25) is 4.79 Å². The number of cyclic esters (lactones) is 1. The summed E-state index contributed by atoms with van der Waals surface area (Å²) in [6, 6.07) is 5.14. The molecule has 1 heterocycles. The molecule has 16 heavy (non-hydrogen) atoms. The van der Waals surface area contributed by atoms with Gasteiger partial charge in [-0.05, 0) is 12.1 Å². The Hall–Kier alpha value is -2.28. The number of aliphatic carboxylic acids is 1. The Kier molecular flexibility index (Phi) is 2.61. The van der Waals surface area contributed by atoms with E-state index in [0.29, 0.717) is 17.7 Å². The van der Waals surface area contributed by atoms with Gasteiger partial charge >= 0.3 is 11.9 Å². The van der Waals surface area contributed by atoms with Crippen molar-refractivity contribution in [2.75, 3.05) is 0 Å². The molecule has 0 aromatic heterocycles. The number of carboxylic acids is 1. The predicted molar refractivity (Wildman–Crippen MR) is 54.7 cm³/mol. The van der Waals surface area contributed by atoms with Gasteiger partial charge in [0.1, 0.15) is 13.0 Å². The minimum atomic E-state index is -0.965. The fourth-order valence-electron chi connectivity index (χ4n) is 1.41. The maximum absolute atomic E-state index is 11.2. The molecule has 0 bridgehead atoms. The highest BCUT2D eigenvalue weighted by molar-refractivity contribution is 5.93. The summed E-state index contributed by atoms with van der Waals surface area (Å²) >= 11 is 0. The quantitative estimate of drug-likeness (QED) is 0.565. The van der Waals surface area contributed by atoms with E-state index in [1.807, 2.05) is 0 Å². The smallest absolute Gasteiger partial charge is 0.338 e. The van der Waals surface area contributed by atoms with E-state index in [2.05, 4.69) is 11.8 Å². The molecular weight excluding hydrogens is 208 g/mol. The lowest BCUT2D eigenvalue weighted by Crippen LogP contribution is -1.94. The summed E-state index contributed by atoms with van der Waals surface area (Å²) in [4.78, 5) is 21.5. The van der Waals surface area contributed by atoms with Gasteiger partial charge in [0, 0.05) is 11.1 Å². The summed E-state index contributed by atoms with van der Waals surface area (Å²) in [5.41, 5.74) is 1.98. The number of fused-ring (bicyclic) bond motifs is 1. The van der Waals surface area contributed by atoms with E-state index in [9.17, 15) is 9.59 Å². The number of benzene rings is 1. The minimum Gasteiger partial charge on any atom is -0.481 e. The average molecular weight is 216 g/mol. The normalized spacial score (nSPS) is 12.4. The minimum absolute atomic E-state index is 0.207. The monoisotopic (exact) mass is 216 g/mol. The van der Waals surface area contributed by atoms with Crippen molar-refractivity contribution >= 4 is 11.9 Å². The second-order valence-electron chi connectivity index (χ2n) is 3.32. The van der Waals surface area contributed by atoms with Crippen LogP contribution in [0.4, 0.5) is 0 Å². The van der Waals surface area contributed by atoms with E-state index >= 15 is 0 Å². The van der Waals surface area contributed by atoms with Gasteiger partial charge in [0.25, 0.3) is 0 Å². The fraction of sp³-hybridized carbons (Fsp3) is 0.167. The molecule has 0 saturated heterocycles. The Morgan fingerprint density at radius 3 is 3.06 bits per heavy atom. The average Bonchev–Trinajstić information content (AvgIpc) is 2.60. The number of ether oxygens (including phenoxy) is 1. The maximum Gasteiger partial charge on any atom is 0.338 e. The third-order valence-electron chi connectivity index (χ3n) is 2.16. The number of carbonyl (C=O) groups excluding carboxylic acids is 1. The molecule has 0 spiro atoms. The van der Waals surface area contributed by atoms with Crippen LogP contribution in [-0.4, -0.2) is 17.0 Å². The molecule has 1 aromatic rings. The fourth-order valence-corrected chi connectivity index (χ4v) is 1.41. The molecule has 1 N–H and O–H groups in total. The lowest BCUT2D eigenvalue weighted by Gasteiger charge is -1.94. The first-order valence-electron chi connectivity index (χ1n) is 4.67. The van der Waals surface area contributed by atoms with Crippen LogP contribution in [0.5, 0.6) is 0 Å². The Balaban J connectivity index is 2.24. The second-order valence-corrected chi connectivity index (χ2v) is 3.32. The maximum atomic E-state index is 11.2. The zero-order valence-electron chi connectivity index (χ0n) is 8.32. The number of hydrogen-bond acceptors (Lipinski definition) is 3. The molecule has 1 aliphatic rings. The Labute approximate surface area is 91.8 Å². The summed E-state index contributed by atoms with van der Waals surface area (Å²) in [6.07, 6.45) is -0.207. The van der Waals surface area contributed by atoms with Crippen molar-refractivity contribution in [3.05, 3.63) is 34.9 Å². The van der Waals surface area contributed by atoms with Crippen LogP contribution in [0.3, 0.4) is 0 Å². The van der Waals surface area contributed by atoms with E-state index < -0.39 is 5.97 Å². The molecule has 0 fully saturated rings. The lowest BCUT2D eigenvalue weighted by atomic mass is 10.1. The highest BCUT2D eigenvalue weighted by atomic mass is 16.5. The summed E-state index contributed by atoms with van der Waals surface area (Å²) in [7, 11) is 0. The topological polar surface area (TPSA) is 63.6 Å². The van der Waals surface area contributed by atoms with Crippen molar-refractivity contribution in [3.63, 3.8) is 0 Å². The van der Waals surface area contributed by atoms with E-state index in [1.165, 1.54) is 0 Å². The van der Waals surface area contributed by atoms with Crippen LogP contribution in [0.1, 0.15) is 27.9 Å². The van der Waals surface area contributed by atoms with Crippen molar-refractivity contribution in [2.24, 2.45) is 0 Å². The third kappa shape index (κ3) is 2.04. The summed E-state index contributed by atoms with van der Waals surface area (Å²) in [6.45, 7) is 0.303. The van der Waals surface area contributed by atoms with Crippen molar-refractivity contribution in [2.45, 2.75) is 13.0 Å². The van der Waals surface area contributed by atoms with Gasteiger partial charge < -0.3 is 9.84 Å². The number of rotatable bonds is 1.